The summed E-state index contributed by atoms with van der Waals surface area (Å²) in [5.41, 5.74) is 0. The lowest BCUT2D eigenvalue weighted by Crippen LogP contribution is -2.01. The predicted molar refractivity (Wildman–Crippen MR) is 154 cm³/mol. The van der Waals surface area contributed by atoms with Gasteiger partial charge in [0.1, 0.15) is 0 Å². The smallest absolute Gasteiger partial charge is 0.0414 e. The molecule has 0 spiro atoms. The zero-order valence-corrected chi connectivity index (χ0v) is 24.1. The van der Waals surface area contributed by atoms with Crippen LogP contribution >= 0.6 is 0 Å². The molecule has 0 aliphatic carbocycles. The van der Waals surface area contributed by atoms with Gasteiger partial charge >= 0.3 is 0 Å². The molecule has 0 unspecified atom stereocenters. The van der Waals surface area contributed by atoms with Crippen LogP contribution in [-0.2, 0) is 0 Å². The first-order valence-electron chi connectivity index (χ1n) is 16.3. The molecular formula is C33H68. The van der Waals surface area contributed by atoms with Gasteiger partial charge in [0.2, 0.25) is 0 Å². The van der Waals surface area contributed by atoms with Crippen molar-refractivity contribution in [1.29, 1.82) is 0 Å². The van der Waals surface area contributed by atoms with E-state index in [1.54, 1.807) is 0 Å². The molecule has 0 aromatic rings. The monoisotopic (exact) mass is 465 g/mol. The molecule has 0 aromatic heterocycles. The molecule has 200 valence electrons. The van der Waals surface area contributed by atoms with Crippen molar-refractivity contribution in [2.45, 2.75) is 207 Å². The van der Waals surface area contributed by atoms with E-state index in [2.05, 4.69) is 20.8 Å². The molecule has 0 atom stereocenters. The second kappa shape index (κ2) is 30.0. The first-order valence-corrected chi connectivity index (χ1v) is 16.3. The molecular weight excluding hydrogens is 396 g/mol. The highest BCUT2D eigenvalue weighted by Gasteiger charge is 2.08. The molecule has 0 aromatic carbocycles. The van der Waals surface area contributed by atoms with Gasteiger partial charge < -0.3 is 0 Å². The largest absolute Gasteiger partial charge is 0.0654 e. The van der Waals surface area contributed by atoms with Crippen molar-refractivity contribution in [3.8, 4) is 0 Å². The lowest BCUT2D eigenvalue weighted by atomic mass is 9.90. The third-order valence-electron chi connectivity index (χ3n) is 7.90. The molecule has 0 rings (SSSR count). The zero-order chi connectivity index (χ0) is 24.1. The van der Waals surface area contributed by atoms with E-state index in [4.69, 9.17) is 0 Å². The van der Waals surface area contributed by atoms with Crippen LogP contribution in [0, 0.1) is 5.92 Å². The SMILES string of the molecule is CCCCCCCCCCCCCCCCCCCCCCC(CCCCC)CCCCC. The van der Waals surface area contributed by atoms with Crippen molar-refractivity contribution in [2.24, 2.45) is 5.92 Å². The summed E-state index contributed by atoms with van der Waals surface area (Å²) < 4.78 is 0. The fourth-order valence-electron chi connectivity index (χ4n) is 5.49. The van der Waals surface area contributed by atoms with Crippen molar-refractivity contribution in [3.05, 3.63) is 0 Å². The van der Waals surface area contributed by atoms with E-state index in [9.17, 15) is 0 Å². The van der Waals surface area contributed by atoms with Crippen LogP contribution in [0.15, 0.2) is 0 Å². The van der Waals surface area contributed by atoms with Crippen LogP contribution in [0.2, 0.25) is 0 Å². The minimum absolute atomic E-state index is 1.04. The Morgan fingerprint density at radius 2 is 0.424 bits per heavy atom. The zero-order valence-electron chi connectivity index (χ0n) is 24.1. The van der Waals surface area contributed by atoms with Gasteiger partial charge in [0.05, 0.1) is 0 Å². The molecule has 33 heavy (non-hydrogen) atoms. The highest BCUT2D eigenvalue weighted by molar-refractivity contribution is 4.61. The predicted octanol–water partition coefficient (Wildman–Crippen LogP) is 13.0. The average molecular weight is 465 g/mol. The molecule has 0 heterocycles. The second-order valence-electron chi connectivity index (χ2n) is 11.4. The summed E-state index contributed by atoms with van der Waals surface area (Å²) >= 11 is 0. The van der Waals surface area contributed by atoms with E-state index < -0.39 is 0 Å². The minimum atomic E-state index is 1.04. The van der Waals surface area contributed by atoms with Crippen LogP contribution in [0.5, 0.6) is 0 Å². The van der Waals surface area contributed by atoms with Crippen LogP contribution in [-0.4, -0.2) is 0 Å². The van der Waals surface area contributed by atoms with Crippen LogP contribution in [0.3, 0.4) is 0 Å². The maximum atomic E-state index is 2.34. The maximum Gasteiger partial charge on any atom is -0.0414 e. The Morgan fingerprint density at radius 3 is 0.697 bits per heavy atom. The van der Waals surface area contributed by atoms with E-state index in [0.717, 1.165) is 5.92 Å². The Morgan fingerprint density at radius 1 is 0.242 bits per heavy atom. The lowest BCUT2D eigenvalue weighted by molar-refractivity contribution is 0.370. The molecule has 0 amide bonds. The van der Waals surface area contributed by atoms with E-state index >= 15 is 0 Å². The summed E-state index contributed by atoms with van der Waals surface area (Å²) in [6, 6.07) is 0. The Labute approximate surface area is 212 Å². The van der Waals surface area contributed by atoms with Crippen LogP contribution in [0.1, 0.15) is 207 Å². The van der Waals surface area contributed by atoms with E-state index in [1.165, 1.54) is 186 Å². The molecule has 0 nitrogen and oxygen atoms in total. The van der Waals surface area contributed by atoms with Crippen LogP contribution in [0.25, 0.3) is 0 Å². The van der Waals surface area contributed by atoms with Gasteiger partial charge in [-0.3, -0.25) is 0 Å². The highest BCUT2D eigenvalue weighted by Crippen LogP contribution is 2.24. The number of unbranched alkanes of at least 4 members (excludes halogenated alkanes) is 23. The summed E-state index contributed by atoms with van der Waals surface area (Å²) in [6.45, 7) is 6.98. The lowest BCUT2D eigenvalue weighted by Gasteiger charge is -2.16. The topological polar surface area (TPSA) is 0 Å². The van der Waals surface area contributed by atoms with Gasteiger partial charge in [-0.05, 0) is 5.92 Å². The van der Waals surface area contributed by atoms with Gasteiger partial charge in [-0.25, -0.2) is 0 Å². The first kappa shape index (κ1) is 33.0. The van der Waals surface area contributed by atoms with Gasteiger partial charge in [0.15, 0.2) is 0 Å². The normalized spacial score (nSPS) is 11.6. The average Bonchev–Trinajstić information content (AvgIpc) is 2.82. The van der Waals surface area contributed by atoms with Crippen molar-refractivity contribution >= 4 is 0 Å². The molecule has 0 bridgehead atoms. The van der Waals surface area contributed by atoms with Gasteiger partial charge in [0, 0.05) is 0 Å². The number of rotatable bonds is 29. The quantitative estimate of drug-likeness (QED) is 0.0965. The molecule has 0 saturated heterocycles. The van der Waals surface area contributed by atoms with Crippen LogP contribution < -0.4 is 0 Å². The van der Waals surface area contributed by atoms with E-state index in [0.29, 0.717) is 0 Å². The van der Waals surface area contributed by atoms with Crippen molar-refractivity contribution in [1.82, 2.24) is 0 Å². The highest BCUT2D eigenvalue weighted by atomic mass is 14.1. The number of hydrogen-bond donors (Lipinski definition) is 0. The van der Waals surface area contributed by atoms with Crippen LogP contribution in [0.4, 0.5) is 0 Å². The summed E-state index contributed by atoms with van der Waals surface area (Å²) in [5, 5.41) is 0. The van der Waals surface area contributed by atoms with Crippen molar-refractivity contribution < 1.29 is 0 Å². The molecule has 0 aliphatic rings. The Kier molecular flexibility index (Phi) is 30.0. The molecule has 0 heteroatoms. The molecule has 0 saturated carbocycles. The molecule has 0 N–H and O–H groups in total. The molecule has 0 aliphatic heterocycles. The first-order chi connectivity index (χ1) is 16.3. The van der Waals surface area contributed by atoms with Gasteiger partial charge in [-0.15, -0.1) is 0 Å². The third kappa shape index (κ3) is 28.1. The minimum Gasteiger partial charge on any atom is -0.0654 e. The molecule has 0 radical (unpaired) electrons. The summed E-state index contributed by atoms with van der Waals surface area (Å²) in [4.78, 5) is 0. The fraction of sp³-hybridized carbons (Fsp3) is 1.00. The summed E-state index contributed by atoms with van der Waals surface area (Å²) in [5.74, 6) is 1.04. The summed E-state index contributed by atoms with van der Waals surface area (Å²) in [7, 11) is 0. The van der Waals surface area contributed by atoms with E-state index in [1.807, 2.05) is 0 Å². The van der Waals surface area contributed by atoms with Gasteiger partial charge in [0.25, 0.3) is 0 Å². The van der Waals surface area contributed by atoms with Crippen molar-refractivity contribution in [2.75, 3.05) is 0 Å². The second-order valence-corrected chi connectivity index (χ2v) is 11.4. The Bertz CT molecular complexity index is 310. The maximum absolute atomic E-state index is 2.34. The van der Waals surface area contributed by atoms with E-state index in [-0.39, 0.29) is 0 Å². The molecule has 0 fully saturated rings. The Balaban J connectivity index is 3.29. The van der Waals surface area contributed by atoms with Gasteiger partial charge in [-0.2, -0.15) is 0 Å². The third-order valence-corrected chi connectivity index (χ3v) is 7.90. The Hall–Kier alpha value is 0. The van der Waals surface area contributed by atoms with Gasteiger partial charge in [-0.1, -0.05) is 207 Å². The standard InChI is InChI=1S/C33H68/c1-4-7-10-11-12-13-14-15-16-17-18-19-20-21-22-23-24-25-26-29-32-33(30-27-8-5-2)31-28-9-6-3/h33H,4-32H2,1-3H3. The number of hydrogen-bond acceptors (Lipinski definition) is 0. The summed E-state index contributed by atoms with van der Waals surface area (Å²) in [6.07, 6.45) is 42.8. The fourth-order valence-corrected chi connectivity index (χ4v) is 5.49. The van der Waals surface area contributed by atoms with Crippen molar-refractivity contribution in [3.63, 3.8) is 0 Å².